The Bertz CT molecular complexity index is 2330. The van der Waals surface area contributed by atoms with Gasteiger partial charge in [-0.1, -0.05) is 47.5 Å². The maximum atomic E-state index is 13.8. The van der Waals surface area contributed by atoms with Crippen LogP contribution in [-0.4, -0.2) is 122 Å². The molecular weight excluding hydrogens is 823 g/mol. The number of halogens is 2. The molecule has 13 nitrogen and oxygen atoms in total. The molecule has 2 saturated heterocycles. The molecule has 0 radical (unpaired) electrons. The van der Waals surface area contributed by atoms with Crippen molar-refractivity contribution >= 4 is 64.1 Å². The number of benzene rings is 4. The Hall–Kier alpha value is -6.25. The first-order chi connectivity index (χ1) is 30.1. The van der Waals surface area contributed by atoms with Crippen molar-refractivity contribution in [3.63, 3.8) is 0 Å². The van der Waals surface area contributed by atoms with E-state index in [1.54, 1.807) is 36.7 Å². The van der Waals surface area contributed by atoms with Gasteiger partial charge in [0.1, 0.15) is 0 Å². The Morgan fingerprint density at radius 3 is 1.21 bits per heavy atom. The molecule has 2 aliphatic heterocycles. The fourth-order valence-electron chi connectivity index (χ4n) is 7.75. The van der Waals surface area contributed by atoms with Crippen molar-refractivity contribution in [1.82, 2.24) is 39.5 Å². The van der Waals surface area contributed by atoms with E-state index in [0.717, 1.165) is 33.9 Å². The molecule has 0 spiro atoms. The zero-order valence-electron chi connectivity index (χ0n) is 34.4. The van der Waals surface area contributed by atoms with Crippen LogP contribution in [0.2, 0.25) is 10.0 Å². The number of piperazine rings is 2. The number of nitrogens with zero attached hydrogens (tertiary/aromatic N) is 8. The lowest BCUT2D eigenvalue weighted by molar-refractivity contribution is -0.129. The summed E-state index contributed by atoms with van der Waals surface area (Å²) >= 11 is 12.1. The first-order valence-electron chi connectivity index (χ1n) is 20.6. The van der Waals surface area contributed by atoms with Crippen LogP contribution in [-0.2, 0) is 4.79 Å². The number of hydrogen-bond donors (Lipinski definition) is 2. The minimum atomic E-state index is -0.301. The predicted octanol–water partition coefficient (Wildman–Crippen LogP) is 7.96. The number of carbonyl (C=O) groups is 3. The molecule has 6 aromatic rings. The first-order valence-corrected chi connectivity index (χ1v) is 21.4. The minimum Gasteiger partial charge on any atom is -0.336 e. The summed E-state index contributed by atoms with van der Waals surface area (Å²) in [4.78, 5) is 66.6. The van der Waals surface area contributed by atoms with Crippen LogP contribution in [0.1, 0.15) is 34.6 Å². The number of hydrogen-bond acceptors (Lipinski definition) is 11. The van der Waals surface area contributed by atoms with Gasteiger partial charge < -0.3 is 20.4 Å². The van der Waals surface area contributed by atoms with Crippen LogP contribution in [0.3, 0.4) is 0 Å². The zero-order chi connectivity index (χ0) is 43.2. The third kappa shape index (κ3) is 10.1. The van der Waals surface area contributed by atoms with E-state index in [9.17, 15) is 14.4 Å². The smallest absolute Gasteiger partial charge is 0.253 e. The van der Waals surface area contributed by atoms with E-state index in [0.29, 0.717) is 85.4 Å². The van der Waals surface area contributed by atoms with E-state index >= 15 is 0 Å². The summed E-state index contributed by atoms with van der Waals surface area (Å²) in [5, 5.41) is 7.76. The zero-order valence-corrected chi connectivity index (χ0v) is 35.9. The number of anilines is 4. The van der Waals surface area contributed by atoms with Crippen LogP contribution in [0.15, 0.2) is 122 Å². The van der Waals surface area contributed by atoms with Crippen molar-refractivity contribution < 1.29 is 14.4 Å². The maximum absolute atomic E-state index is 13.8. The molecule has 2 N–H and O–H groups in total. The third-order valence-electron chi connectivity index (χ3n) is 11.5. The van der Waals surface area contributed by atoms with Crippen LogP contribution >= 0.6 is 23.2 Å². The normalized spacial score (nSPS) is 15.7. The molecule has 0 bridgehead atoms. The van der Waals surface area contributed by atoms with Crippen LogP contribution < -0.4 is 10.6 Å². The average Bonchev–Trinajstić information content (AvgIpc) is 3.31. The first kappa shape index (κ1) is 42.4. The topological polar surface area (TPSA) is 140 Å². The fourth-order valence-corrected chi connectivity index (χ4v) is 8.00. The molecule has 0 aliphatic carbocycles. The van der Waals surface area contributed by atoms with Crippen molar-refractivity contribution in [3.05, 3.63) is 143 Å². The summed E-state index contributed by atoms with van der Waals surface area (Å²) in [6.07, 6.45) is 3.39. The van der Waals surface area contributed by atoms with Crippen molar-refractivity contribution in [2.45, 2.75) is 25.9 Å². The number of amides is 2. The number of rotatable bonds is 12. The minimum absolute atomic E-state index is 0.0457. The second kappa shape index (κ2) is 19.2. The number of aromatic nitrogens is 4. The Labute approximate surface area is 370 Å². The van der Waals surface area contributed by atoms with Gasteiger partial charge in [-0.15, -0.1) is 0 Å². The second-order valence-corrected chi connectivity index (χ2v) is 16.2. The summed E-state index contributed by atoms with van der Waals surface area (Å²) in [6, 6.07) is 32.6. The highest BCUT2D eigenvalue weighted by atomic mass is 35.5. The molecule has 316 valence electrons. The average molecular weight is 870 g/mol. The molecule has 2 fully saturated rings. The summed E-state index contributed by atoms with van der Waals surface area (Å²) in [6.45, 7) is 8.43. The van der Waals surface area contributed by atoms with Crippen molar-refractivity contribution in [1.29, 1.82) is 0 Å². The summed E-state index contributed by atoms with van der Waals surface area (Å²) in [5.74, 6) is 0.939. The van der Waals surface area contributed by atoms with Crippen molar-refractivity contribution in [3.8, 4) is 22.5 Å². The predicted molar refractivity (Wildman–Crippen MR) is 243 cm³/mol. The van der Waals surface area contributed by atoms with Crippen LogP contribution in [0, 0.1) is 0 Å². The molecule has 4 heterocycles. The van der Waals surface area contributed by atoms with Crippen molar-refractivity contribution in [2.24, 2.45) is 0 Å². The van der Waals surface area contributed by atoms with Gasteiger partial charge in [-0.2, -0.15) is 0 Å². The molecule has 2 unspecified atom stereocenters. The maximum Gasteiger partial charge on any atom is 0.253 e. The number of Topliss-reactive ketones (excluding diaryl/α,β-unsaturated/α-hetero) is 1. The molecular formula is C47H46Cl2N10O3. The number of carbonyl (C=O) groups excluding carboxylic acids is 3. The van der Waals surface area contributed by atoms with Gasteiger partial charge in [0.25, 0.3) is 11.8 Å². The number of ketones is 1. The second-order valence-electron chi connectivity index (χ2n) is 15.4. The Balaban J connectivity index is 0.773. The Morgan fingerprint density at radius 1 is 0.500 bits per heavy atom. The van der Waals surface area contributed by atoms with Gasteiger partial charge in [-0.25, -0.2) is 19.9 Å². The highest BCUT2D eigenvalue weighted by Gasteiger charge is 2.34. The van der Waals surface area contributed by atoms with E-state index in [1.807, 2.05) is 109 Å². The van der Waals surface area contributed by atoms with Crippen LogP contribution in [0.25, 0.3) is 22.5 Å². The van der Waals surface area contributed by atoms with E-state index < -0.39 is 0 Å². The van der Waals surface area contributed by atoms with Gasteiger partial charge in [0.2, 0.25) is 11.9 Å². The summed E-state index contributed by atoms with van der Waals surface area (Å²) < 4.78 is 0. The molecule has 4 aromatic carbocycles. The van der Waals surface area contributed by atoms with E-state index in [1.165, 1.54) is 0 Å². The molecule has 2 amide bonds. The largest absolute Gasteiger partial charge is 0.336 e. The SMILES string of the molecule is CC(C(=O)C(C)N1CCN(C(=O)c2ccc(Nc3nccc(-c4ccc(Cl)cc4)n3)cc2)CC1)N1CCN(C(=O)c2ccc(Nc3nccc(-c4ccc(Cl)cc4)n3)cc2)CC1. The van der Waals surface area contributed by atoms with Gasteiger partial charge in [0.05, 0.1) is 23.5 Å². The third-order valence-corrected chi connectivity index (χ3v) is 12.0. The Morgan fingerprint density at radius 2 is 0.855 bits per heavy atom. The molecule has 15 heteroatoms. The van der Waals surface area contributed by atoms with Crippen molar-refractivity contribution in [2.75, 3.05) is 63.0 Å². The van der Waals surface area contributed by atoms with Gasteiger partial charge >= 0.3 is 0 Å². The van der Waals surface area contributed by atoms with Crippen LogP contribution in [0.5, 0.6) is 0 Å². The van der Waals surface area contributed by atoms with E-state index in [2.05, 4.69) is 40.4 Å². The lowest BCUT2D eigenvalue weighted by Crippen LogP contribution is -2.58. The van der Waals surface area contributed by atoms with Gasteiger partial charge in [0, 0.05) is 108 Å². The highest BCUT2D eigenvalue weighted by Crippen LogP contribution is 2.25. The monoisotopic (exact) mass is 868 g/mol. The summed E-state index contributed by atoms with van der Waals surface area (Å²) in [7, 11) is 0. The molecule has 62 heavy (non-hydrogen) atoms. The fraction of sp³-hybridized carbons (Fsp3) is 0.255. The van der Waals surface area contributed by atoms with Crippen LogP contribution in [0.4, 0.5) is 23.3 Å². The quantitative estimate of drug-likeness (QED) is 0.124. The number of nitrogens with one attached hydrogen (secondary N) is 2. The van der Waals surface area contributed by atoms with E-state index in [-0.39, 0.29) is 29.7 Å². The molecule has 0 saturated carbocycles. The van der Waals surface area contributed by atoms with Gasteiger partial charge in [-0.3, -0.25) is 24.2 Å². The molecule has 2 atom stereocenters. The highest BCUT2D eigenvalue weighted by molar-refractivity contribution is 6.31. The molecule has 2 aliphatic rings. The van der Waals surface area contributed by atoms with Gasteiger partial charge in [0.15, 0.2) is 5.78 Å². The standard InChI is InChI=1S/C47H46Cl2N10O3/c1-31(56-23-27-58(28-24-56)44(61)35-7-15-39(16-8-35)52-46-50-21-19-41(54-46)33-3-11-37(48)12-4-33)43(60)32(2)57-25-29-59(30-26-57)45(62)36-9-17-40(18-10-36)53-47-51-22-20-42(55-47)34-5-13-38(49)14-6-34/h3-22,31-32H,23-30H2,1-2H3,(H,50,52,54)(H,51,53,55). The van der Waals surface area contributed by atoms with Gasteiger partial charge in [-0.05, 0) is 98.8 Å². The lowest BCUT2D eigenvalue weighted by atomic mass is 10.0. The Kier molecular flexibility index (Phi) is 13.1. The lowest BCUT2D eigenvalue weighted by Gasteiger charge is -2.41. The molecule has 2 aromatic heterocycles. The molecule has 8 rings (SSSR count). The van der Waals surface area contributed by atoms with E-state index in [4.69, 9.17) is 23.2 Å². The summed E-state index contributed by atoms with van der Waals surface area (Å²) in [5.41, 5.74) is 6.09.